The van der Waals surface area contributed by atoms with Gasteiger partial charge in [0, 0.05) is 23.5 Å². The molecule has 22 heavy (non-hydrogen) atoms. The SMILES string of the molecule is Cc1cccc(NCC(=O)Nc2ccc([N+](=O)[O-])cc2C)c1. The third-order valence-electron chi connectivity index (χ3n) is 3.17. The molecule has 0 spiro atoms. The van der Waals surface area contributed by atoms with E-state index in [2.05, 4.69) is 10.6 Å². The molecule has 0 atom stereocenters. The van der Waals surface area contributed by atoms with Crippen LogP contribution in [-0.2, 0) is 4.79 Å². The number of rotatable bonds is 5. The van der Waals surface area contributed by atoms with E-state index in [9.17, 15) is 14.9 Å². The minimum atomic E-state index is -0.460. The van der Waals surface area contributed by atoms with Crippen molar-refractivity contribution in [2.45, 2.75) is 13.8 Å². The van der Waals surface area contributed by atoms with Crippen molar-refractivity contribution < 1.29 is 9.72 Å². The van der Waals surface area contributed by atoms with Crippen LogP contribution >= 0.6 is 0 Å². The van der Waals surface area contributed by atoms with E-state index in [1.165, 1.54) is 18.2 Å². The average Bonchev–Trinajstić information content (AvgIpc) is 2.47. The van der Waals surface area contributed by atoms with Crippen LogP contribution in [0.5, 0.6) is 0 Å². The van der Waals surface area contributed by atoms with E-state index in [0.717, 1.165) is 11.3 Å². The number of carbonyl (C=O) groups is 1. The molecule has 0 aliphatic heterocycles. The molecule has 0 fully saturated rings. The Bertz CT molecular complexity index is 714. The highest BCUT2D eigenvalue weighted by Gasteiger charge is 2.10. The topological polar surface area (TPSA) is 84.3 Å². The van der Waals surface area contributed by atoms with Crippen molar-refractivity contribution in [3.63, 3.8) is 0 Å². The van der Waals surface area contributed by atoms with Gasteiger partial charge in [-0.1, -0.05) is 12.1 Å². The van der Waals surface area contributed by atoms with Crippen molar-refractivity contribution in [2.24, 2.45) is 0 Å². The van der Waals surface area contributed by atoms with E-state index < -0.39 is 4.92 Å². The molecule has 2 rings (SSSR count). The van der Waals surface area contributed by atoms with Crippen LogP contribution in [0.4, 0.5) is 17.1 Å². The molecule has 6 heteroatoms. The largest absolute Gasteiger partial charge is 0.376 e. The van der Waals surface area contributed by atoms with Crippen LogP contribution in [0.25, 0.3) is 0 Å². The maximum absolute atomic E-state index is 11.9. The zero-order chi connectivity index (χ0) is 16.1. The van der Waals surface area contributed by atoms with Crippen LogP contribution in [0.1, 0.15) is 11.1 Å². The summed E-state index contributed by atoms with van der Waals surface area (Å²) >= 11 is 0. The molecule has 0 unspecified atom stereocenters. The smallest absolute Gasteiger partial charge is 0.269 e. The minimum absolute atomic E-state index is 0.00776. The van der Waals surface area contributed by atoms with Gasteiger partial charge in [0.1, 0.15) is 0 Å². The van der Waals surface area contributed by atoms with Crippen molar-refractivity contribution in [3.05, 3.63) is 63.7 Å². The predicted molar refractivity (Wildman–Crippen MR) is 86.1 cm³/mol. The maximum atomic E-state index is 11.9. The van der Waals surface area contributed by atoms with E-state index >= 15 is 0 Å². The van der Waals surface area contributed by atoms with Crippen molar-refractivity contribution in [2.75, 3.05) is 17.2 Å². The summed E-state index contributed by atoms with van der Waals surface area (Å²) in [5, 5.41) is 16.5. The second-order valence-corrected chi connectivity index (χ2v) is 5.03. The highest BCUT2D eigenvalue weighted by molar-refractivity contribution is 5.94. The zero-order valence-electron chi connectivity index (χ0n) is 12.4. The number of nitrogens with one attached hydrogen (secondary N) is 2. The first-order chi connectivity index (χ1) is 10.5. The number of non-ortho nitro benzene ring substituents is 1. The van der Waals surface area contributed by atoms with Gasteiger partial charge in [-0.15, -0.1) is 0 Å². The normalized spacial score (nSPS) is 10.1. The van der Waals surface area contributed by atoms with Crippen LogP contribution < -0.4 is 10.6 Å². The summed E-state index contributed by atoms with van der Waals surface area (Å²) in [6.45, 7) is 3.82. The van der Waals surface area contributed by atoms with Crippen molar-refractivity contribution >= 4 is 23.0 Å². The van der Waals surface area contributed by atoms with Gasteiger partial charge in [-0.25, -0.2) is 0 Å². The van der Waals surface area contributed by atoms with Gasteiger partial charge < -0.3 is 10.6 Å². The summed E-state index contributed by atoms with van der Waals surface area (Å²) in [6.07, 6.45) is 0. The molecule has 6 nitrogen and oxygen atoms in total. The van der Waals surface area contributed by atoms with Gasteiger partial charge >= 0.3 is 0 Å². The highest BCUT2D eigenvalue weighted by atomic mass is 16.6. The molecule has 2 aromatic rings. The monoisotopic (exact) mass is 299 g/mol. The van der Waals surface area contributed by atoms with Crippen LogP contribution in [0, 0.1) is 24.0 Å². The number of anilines is 2. The quantitative estimate of drug-likeness (QED) is 0.655. The molecule has 0 saturated carbocycles. The molecule has 0 saturated heterocycles. The highest BCUT2D eigenvalue weighted by Crippen LogP contribution is 2.21. The Labute approximate surface area is 128 Å². The fraction of sp³-hybridized carbons (Fsp3) is 0.188. The fourth-order valence-corrected chi connectivity index (χ4v) is 2.03. The van der Waals surface area contributed by atoms with E-state index in [1.54, 1.807) is 6.92 Å². The predicted octanol–water partition coefficient (Wildman–Crippen LogP) is 3.26. The molecule has 0 aliphatic carbocycles. The van der Waals surface area contributed by atoms with Crippen LogP contribution in [-0.4, -0.2) is 17.4 Å². The zero-order valence-corrected chi connectivity index (χ0v) is 12.4. The standard InChI is InChI=1S/C16H17N3O3/c1-11-4-3-5-13(8-11)17-10-16(20)18-15-7-6-14(19(21)22)9-12(15)2/h3-9,17H,10H2,1-2H3,(H,18,20). The molecule has 114 valence electrons. The summed E-state index contributed by atoms with van der Waals surface area (Å²) in [7, 11) is 0. The maximum Gasteiger partial charge on any atom is 0.269 e. The van der Waals surface area contributed by atoms with Gasteiger partial charge in [0.2, 0.25) is 5.91 Å². The third kappa shape index (κ3) is 4.05. The first kappa shape index (κ1) is 15.5. The lowest BCUT2D eigenvalue weighted by Crippen LogP contribution is -2.22. The van der Waals surface area contributed by atoms with Crippen LogP contribution in [0.2, 0.25) is 0 Å². The molecular weight excluding hydrogens is 282 g/mol. The van der Waals surface area contributed by atoms with E-state index in [-0.39, 0.29) is 18.1 Å². The Morgan fingerprint density at radius 1 is 1.18 bits per heavy atom. The Morgan fingerprint density at radius 2 is 1.95 bits per heavy atom. The first-order valence-corrected chi connectivity index (χ1v) is 6.81. The second kappa shape index (κ2) is 6.71. The average molecular weight is 299 g/mol. The van der Waals surface area contributed by atoms with Gasteiger partial charge in [0.05, 0.1) is 11.5 Å². The molecule has 2 N–H and O–H groups in total. The van der Waals surface area contributed by atoms with Gasteiger partial charge in [-0.3, -0.25) is 14.9 Å². The van der Waals surface area contributed by atoms with Crippen molar-refractivity contribution in [1.29, 1.82) is 0 Å². The molecule has 0 aliphatic rings. The summed E-state index contributed by atoms with van der Waals surface area (Å²) in [6, 6.07) is 12.1. The first-order valence-electron chi connectivity index (χ1n) is 6.81. The molecule has 0 heterocycles. The number of nitro benzene ring substituents is 1. The Balaban J connectivity index is 1.96. The summed E-state index contributed by atoms with van der Waals surface area (Å²) < 4.78 is 0. The molecule has 0 bridgehead atoms. The van der Waals surface area contributed by atoms with E-state index in [0.29, 0.717) is 11.3 Å². The fourth-order valence-electron chi connectivity index (χ4n) is 2.03. The number of carbonyl (C=O) groups excluding carboxylic acids is 1. The number of benzene rings is 2. The Morgan fingerprint density at radius 3 is 2.59 bits per heavy atom. The lowest BCUT2D eigenvalue weighted by atomic mass is 10.2. The minimum Gasteiger partial charge on any atom is -0.376 e. The number of hydrogen-bond acceptors (Lipinski definition) is 4. The van der Waals surface area contributed by atoms with Crippen molar-refractivity contribution in [1.82, 2.24) is 0 Å². The second-order valence-electron chi connectivity index (χ2n) is 5.03. The molecule has 2 aromatic carbocycles. The molecular formula is C16H17N3O3. The Hall–Kier alpha value is -2.89. The number of nitrogens with zero attached hydrogens (tertiary/aromatic N) is 1. The molecule has 0 radical (unpaired) electrons. The lowest BCUT2D eigenvalue weighted by Gasteiger charge is -2.10. The number of amides is 1. The molecule has 0 aromatic heterocycles. The number of nitro groups is 1. The summed E-state index contributed by atoms with van der Waals surface area (Å²) in [4.78, 5) is 22.2. The summed E-state index contributed by atoms with van der Waals surface area (Å²) in [5.41, 5.74) is 3.21. The van der Waals surface area contributed by atoms with Gasteiger partial charge in [0.15, 0.2) is 0 Å². The van der Waals surface area contributed by atoms with Gasteiger partial charge in [-0.05, 0) is 43.2 Å². The van der Waals surface area contributed by atoms with Crippen LogP contribution in [0.3, 0.4) is 0 Å². The third-order valence-corrected chi connectivity index (χ3v) is 3.17. The Kier molecular flexibility index (Phi) is 4.73. The summed E-state index contributed by atoms with van der Waals surface area (Å²) in [5.74, 6) is -0.210. The van der Waals surface area contributed by atoms with Crippen LogP contribution in [0.15, 0.2) is 42.5 Å². The number of hydrogen-bond donors (Lipinski definition) is 2. The van der Waals surface area contributed by atoms with E-state index in [4.69, 9.17) is 0 Å². The molecule has 1 amide bonds. The van der Waals surface area contributed by atoms with Gasteiger partial charge in [-0.2, -0.15) is 0 Å². The van der Waals surface area contributed by atoms with Gasteiger partial charge in [0.25, 0.3) is 5.69 Å². The number of aryl methyl sites for hydroxylation is 2. The van der Waals surface area contributed by atoms with Crippen molar-refractivity contribution in [3.8, 4) is 0 Å². The van der Waals surface area contributed by atoms with E-state index in [1.807, 2.05) is 31.2 Å². The lowest BCUT2D eigenvalue weighted by molar-refractivity contribution is -0.384.